The third kappa shape index (κ3) is 3.76. The zero-order valence-corrected chi connectivity index (χ0v) is 17.3. The van der Waals surface area contributed by atoms with Gasteiger partial charge >= 0.3 is 18.2 Å². The molecule has 0 spiro atoms. The van der Waals surface area contributed by atoms with Gasteiger partial charge in [0.05, 0.1) is 29.9 Å². The van der Waals surface area contributed by atoms with Gasteiger partial charge < -0.3 is 9.84 Å². The maximum atomic E-state index is 13.3. The molecule has 0 saturated heterocycles. The highest BCUT2D eigenvalue weighted by molar-refractivity contribution is 5.92. The van der Waals surface area contributed by atoms with Crippen LogP contribution < -0.4 is 9.64 Å². The van der Waals surface area contributed by atoms with Gasteiger partial charge in [0.1, 0.15) is 6.04 Å². The third-order valence-electron chi connectivity index (χ3n) is 5.24. The monoisotopic (exact) mass is 455 g/mol. The molecule has 0 radical (unpaired) electrons. The summed E-state index contributed by atoms with van der Waals surface area (Å²) in [6.45, 7) is 1.49. The van der Waals surface area contributed by atoms with Gasteiger partial charge in [-0.25, -0.2) is 9.48 Å². The van der Waals surface area contributed by atoms with Crippen LogP contribution in [0.2, 0.25) is 0 Å². The summed E-state index contributed by atoms with van der Waals surface area (Å²) < 4.78 is 46.4. The minimum atomic E-state index is -4.59. The van der Waals surface area contributed by atoms with Crippen molar-refractivity contribution >= 4 is 17.6 Å². The molecule has 33 heavy (non-hydrogen) atoms. The van der Waals surface area contributed by atoms with Gasteiger partial charge in [0.2, 0.25) is 5.95 Å². The van der Waals surface area contributed by atoms with Crippen molar-refractivity contribution in [1.29, 1.82) is 5.26 Å². The predicted octanol–water partition coefficient (Wildman–Crippen LogP) is 4.28. The van der Waals surface area contributed by atoms with Gasteiger partial charge in [-0.3, -0.25) is 4.90 Å². The fraction of sp³-hybridized carbons (Fsp3) is 0.182. The van der Waals surface area contributed by atoms with Gasteiger partial charge in [-0.2, -0.15) is 23.4 Å². The molecule has 4 rings (SSSR count). The van der Waals surface area contributed by atoms with Crippen molar-refractivity contribution in [1.82, 2.24) is 14.8 Å². The molecule has 1 atom stereocenters. The van der Waals surface area contributed by atoms with Crippen LogP contribution in [0.4, 0.5) is 24.8 Å². The number of carboxylic acids is 1. The average molecular weight is 455 g/mol. The number of nitriles is 1. The van der Waals surface area contributed by atoms with E-state index in [0.717, 1.165) is 12.1 Å². The summed E-state index contributed by atoms with van der Waals surface area (Å²) in [5, 5.41) is 23.4. The molecule has 11 heteroatoms. The molecule has 2 aromatic carbocycles. The molecule has 1 N–H and O–H groups in total. The van der Waals surface area contributed by atoms with E-state index in [-0.39, 0.29) is 28.9 Å². The van der Waals surface area contributed by atoms with Crippen molar-refractivity contribution in [3.05, 3.63) is 76.5 Å². The van der Waals surface area contributed by atoms with E-state index < -0.39 is 23.8 Å². The first kappa shape index (κ1) is 21.9. The number of allylic oxidation sites excluding steroid dienone is 1. The van der Waals surface area contributed by atoms with Crippen LogP contribution in [-0.2, 0) is 11.0 Å². The number of aliphatic carboxylic acids is 1. The summed E-state index contributed by atoms with van der Waals surface area (Å²) in [6, 6.07) is 11.7. The number of fused-ring (bicyclic) bond motifs is 1. The molecule has 0 bridgehead atoms. The van der Waals surface area contributed by atoms with Crippen LogP contribution in [0.15, 0.2) is 59.8 Å². The molecule has 1 unspecified atom stereocenters. The lowest BCUT2D eigenvalue weighted by Gasteiger charge is -2.34. The fourth-order valence-corrected chi connectivity index (χ4v) is 3.75. The highest BCUT2D eigenvalue weighted by atomic mass is 19.4. The van der Waals surface area contributed by atoms with Crippen LogP contribution in [0.25, 0.3) is 0 Å². The maximum Gasteiger partial charge on any atom is 0.416 e. The quantitative estimate of drug-likeness (QED) is 0.626. The number of methoxy groups -OCH3 is 1. The Balaban J connectivity index is 1.97. The SMILES string of the molecule is COc1nc2n(n1)C(c1ccc(C#N)cc1)C(C(=O)O)=C(C)N2c1cccc(C(F)(F)F)c1. The Hall–Kier alpha value is -4.33. The van der Waals surface area contributed by atoms with Gasteiger partial charge in [0.25, 0.3) is 0 Å². The van der Waals surface area contributed by atoms with E-state index in [2.05, 4.69) is 10.1 Å². The zero-order valence-electron chi connectivity index (χ0n) is 17.3. The number of halogens is 3. The van der Waals surface area contributed by atoms with Crippen LogP contribution >= 0.6 is 0 Å². The Bertz CT molecular complexity index is 1310. The molecular formula is C22H16F3N5O3. The topological polar surface area (TPSA) is 104 Å². The number of aromatic nitrogens is 3. The summed E-state index contributed by atoms with van der Waals surface area (Å²) in [5.41, 5.74) is 0.112. The van der Waals surface area contributed by atoms with E-state index in [9.17, 15) is 23.1 Å². The molecule has 8 nitrogen and oxygen atoms in total. The lowest BCUT2D eigenvalue weighted by molar-refractivity contribution is -0.137. The van der Waals surface area contributed by atoms with Crippen LogP contribution in [0.5, 0.6) is 6.01 Å². The Morgan fingerprint density at radius 2 is 1.91 bits per heavy atom. The Morgan fingerprint density at radius 1 is 1.21 bits per heavy atom. The Kier molecular flexibility index (Phi) is 5.29. The molecule has 1 aliphatic rings. The minimum absolute atomic E-state index is 0.0654. The van der Waals surface area contributed by atoms with Crippen molar-refractivity contribution in [2.45, 2.75) is 19.1 Å². The first-order chi connectivity index (χ1) is 15.7. The van der Waals surface area contributed by atoms with E-state index in [1.54, 1.807) is 12.1 Å². The number of ether oxygens (including phenoxy) is 1. The second-order valence-electron chi connectivity index (χ2n) is 7.17. The second-order valence-corrected chi connectivity index (χ2v) is 7.17. The molecule has 0 saturated carbocycles. The zero-order chi connectivity index (χ0) is 23.9. The summed E-state index contributed by atoms with van der Waals surface area (Å²) in [5.74, 6) is -1.19. The lowest BCUT2D eigenvalue weighted by atomic mass is 9.94. The number of rotatable bonds is 4. The van der Waals surface area contributed by atoms with Crippen LogP contribution in [0, 0.1) is 11.3 Å². The number of anilines is 2. The van der Waals surface area contributed by atoms with Crippen molar-refractivity contribution < 1.29 is 27.8 Å². The van der Waals surface area contributed by atoms with Gasteiger partial charge in [0.15, 0.2) is 0 Å². The van der Waals surface area contributed by atoms with Gasteiger partial charge in [-0.05, 0) is 42.8 Å². The number of hydrogen-bond acceptors (Lipinski definition) is 6. The molecule has 0 aliphatic carbocycles. The first-order valence-electron chi connectivity index (χ1n) is 9.57. The van der Waals surface area contributed by atoms with Gasteiger partial charge in [-0.1, -0.05) is 18.2 Å². The van der Waals surface area contributed by atoms with Crippen LogP contribution in [0.1, 0.15) is 29.7 Å². The van der Waals surface area contributed by atoms with Crippen LogP contribution in [-0.4, -0.2) is 33.0 Å². The summed E-state index contributed by atoms with van der Waals surface area (Å²) in [7, 11) is 1.32. The lowest BCUT2D eigenvalue weighted by Crippen LogP contribution is -2.34. The summed E-state index contributed by atoms with van der Waals surface area (Å²) >= 11 is 0. The van der Waals surface area contributed by atoms with Crippen molar-refractivity contribution in [2.75, 3.05) is 12.0 Å². The van der Waals surface area contributed by atoms with E-state index in [4.69, 9.17) is 10.00 Å². The number of carbonyl (C=O) groups is 1. The predicted molar refractivity (Wildman–Crippen MR) is 110 cm³/mol. The second kappa shape index (κ2) is 7.98. The van der Waals surface area contributed by atoms with E-state index in [0.29, 0.717) is 11.1 Å². The first-order valence-corrected chi connectivity index (χ1v) is 9.57. The van der Waals surface area contributed by atoms with Crippen molar-refractivity contribution in [2.24, 2.45) is 0 Å². The highest BCUT2D eigenvalue weighted by Crippen LogP contribution is 2.43. The molecule has 2 heterocycles. The standard InChI is InChI=1S/C22H16F3N5O3/c1-12-17(19(31)32)18(14-8-6-13(11-26)7-9-14)30-21(27-20(28-30)33-2)29(12)16-5-3-4-15(10-16)22(23,24)25/h3-10,18H,1-2H3,(H,31,32). The summed E-state index contributed by atoms with van der Waals surface area (Å²) in [4.78, 5) is 17.9. The van der Waals surface area contributed by atoms with E-state index in [1.165, 1.54) is 47.9 Å². The van der Waals surface area contributed by atoms with Gasteiger partial charge in [0, 0.05) is 11.4 Å². The highest BCUT2D eigenvalue weighted by Gasteiger charge is 2.39. The van der Waals surface area contributed by atoms with Gasteiger partial charge in [-0.15, -0.1) is 5.10 Å². The third-order valence-corrected chi connectivity index (χ3v) is 5.24. The van der Waals surface area contributed by atoms with E-state index >= 15 is 0 Å². The average Bonchev–Trinajstić information content (AvgIpc) is 3.21. The normalized spacial score (nSPS) is 15.8. The maximum absolute atomic E-state index is 13.3. The Labute approximate surface area is 185 Å². The smallest absolute Gasteiger partial charge is 0.416 e. The summed E-state index contributed by atoms with van der Waals surface area (Å²) in [6.07, 6.45) is -4.59. The molecular weight excluding hydrogens is 439 g/mol. The number of alkyl halides is 3. The van der Waals surface area contributed by atoms with Crippen molar-refractivity contribution in [3.8, 4) is 12.1 Å². The minimum Gasteiger partial charge on any atom is -0.478 e. The molecule has 1 aliphatic heterocycles. The Morgan fingerprint density at radius 3 is 2.48 bits per heavy atom. The number of nitrogens with zero attached hydrogens (tertiary/aromatic N) is 5. The number of carboxylic acid groups (broad SMARTS) is 1. The molecule has 3 aromatic rings. The fourth-order valence-electron chi connectivity index (χ4n) is 3.75. The van der Waals surface area contributed by atoms with Crippen LogP contribution in [0.3, 0.4) is 0 Å². The molecule has 0 amide bonds. The molecule has 0 fully saturated rings. The molecule has 168 valence electrons. The largest absolute Gasteiger partial charge is 0.478 e. The van der Waals surface area contributed by atoms with E-state index in [1.807, 2.05) is 6.07 Å². The van der Waals surface area contributed by atoms with Crippen molar-refractivity contribution in [3.63, 3.8) is 0 Å². The number of benzene rings is 2. The molecule has 1 aromatic heterocycles. The number of hydrogen-bond donors (Lipinski definition) is 1.